The van der Waals surface area contributed by atoms with E-state index in [1.165, 1.54) is 141 Å². The zero-order valence-electron chi connectivity index (χ0n) is 27.3. The van der Waals surface area contributed by atoms with Gasteiger partial charge >= 0.3 is 0 Å². The predicted molar refractivity (Wildman–Crippen MR) is 181 cm³/mol. The van der Waals surface area contributed by atoms with Crippen LogP contribution in [-0.2, 0) is 4.79 Å². The summed E-state index contributed by atoms with van der Waals surface area (Å²) in [5.74, 6) is 0.240. The molecule has 4 heteroatoms. The molecule has 0 heterocycles. The standard InChI is InChI=1S/C37H67N3O/c1-3-5-7-9-11-13-15-17-19-21-23-25-28-33(37(41)40-35-31-27-30-34(32-35)36(38)39)29-26-24-22-20-18-16-14-12-10-8-6-4-2/h27,30-33H,3-26,28-29H2,1-2H3,(H3,38,39)(H,40,41). The molecule has 0 aliphatic carbocycles. The molecular formula is C37H67N3O. The summed E-state index contributed by atoms with van der Waals surface area (Å²) >= 11 is 0. The minimum Gasteiger partial charge on any atom is -0.384 e. The number of rotatable bonds is 29. The zero-order chi connectivity index (χ0) is 29.8. The largest absolute Gasteiger partial charge is 0.384 e. The van der Waals surface area contributed by atoms with Crippen LogP contribution in [0.4, 0.5) is 5.69 Å². The van der Waals surface area contributed by atoms with Crippen molar-refractivity contribution in [3.63, 3.8) is 0 Å². The van der Waals surface area contributed by atoms with Crippen molar-refractivity contribution in [3.8, 4) is 0 Å². The Morgan fingerprint density at radius 3 is 1.37 bits per heavy atom. The Labute approximate surface area is 254 Å². The van der Waals surface area contributed by atoms with Gasteiger partial charge in [0.05, 0.1) is 0 Å². The summed E-state index contributed by atoms with van der Waals surface area (Å²) < 4.78 is 0. The normalized spacial score (nSPS) is 11.3. The molecule has 0 saturated carbocycles. The zero-order valence-corrected chi connectivity index (χ0v) is 27.3. The van der Waals surface area contributed by atoms with Gasteiger partial charge in [-0.1, -0.05) is 180 Å². The number of carbonyl (C=O) groups is 1. The topological polar surface area (TPSA) is 79.0 Å². The molecule has 1 rings (SSSR count). The van der Waals surface area contributed by atoms with Crippen molar-refractivity contribution < 1.29 is 4.79 Å². The number of nitrogens with two attached hydrogens (primary N) is 1. The minimum atomic E-state index is 0.0330. The second kappa shape index (κ2) is 27.0. The predicted octanol–water partition coefficient (Wildman–Crippen LogP) is 11.7. The molecule has 1 aromatic rings. The number of hydrogen-bond donors (Lipinski definition) is 3. The maximum Gasteiger partial charge on any atom is 0.227 e. The average Bonchev–Trinajstić information content (AvgIpc) is 2.97. The molecule has 4 nitrogen and oxygen atoms in total. The van der Waals surface area contributed by atoms with Gasteiger partial charge in [0.2, 0.25) is 5.91 Å². The van der Waals surface area contributed by atoms with E-state index in [1.807, 2.05) is 24.3 Å². The second-order valence-electron chi connectivity index (χ2n) is 12.5. The second-order valence-corrected chi connectivity index (χ2v) is 12.5. The minimum absolute atomic E-state index is 0.0330. The molecule has 4 N–H and O–H groups in total. The van der Waals surface area contributed by atoms with Crippen LogP contribution in [0, 0.1) is 11.3 Å². The lowest BCUT2D eigenvalue weighted by Gasteiger charge is -2.17. The van der Waals surface area contributed by atoms with E-state index >= 15 is 0 Å². The Kier molecular flexibility index (Phi) is 24.5. The molecule has 0 aliphatic heterocycles. The Bertz CT molecular complexity index is 734. The van der Waals surface area contributed by atoms with Crippen LogP contribution in [0.15, 0.2) is 24.3 Å². The molecule has 236 valence electrons. The number of amides is 1. The van der Waals surface area contributed by atoms with Crippen molar-refractivity contribution in [2.45, 2.75) is 181 Å². The molecule has 41 heavy (non-hydrogen) atoms. The highest BCUT2D eigenvalue weighted by Crippen LogP contribution is 2.22. The Balaban J connectivity index is 2.32. The SMILES string of the molecule is CCCCCCCCCCCCCCC(CCCCCCCCCCCCCC)C(=O)Nc1cccc(C(=N)N)c1. The van der Waals surface area contributed by atoms with Crippen molar-refractivity contribution >= 4 is 17.4 Å². The van der Waals surface area contributed by atoms with Crippen LogP contribution in [-0.4, -0.2) is 11.7 Å². The summed E-state index contributed by atoms with van der Waals surface area (Å²) in [6.45, 7) is 4.56. The number of hydrogen-bond acceptors (Lipinski definition) is 2. The molecule has 1 amide bonds. The lowest BCUT2D eigenvalue weighted by Crippen LogP contribution is -2.23. The van der Waals surface area contributed by atoms with Gasteiger partial charge in [-0.3, -0.25) is 10.2 Å². The van der Waals surface area contributed by atoms with E-state index in [2.05, 4.69) is 19.2 Å². The molecule has 0 atom stereocenters. The van der Waals surface area contributed by atoms with E-state index < -0.39 is 0 Å². The first-order valence-electron chi connectivity index (χ1n) is 17.8. The molecule has 0 aliphatic rings. The third-order valence-electron chi connectivity index (χ3n) is 8.62. The van der Waals surface area contributed by atoms with E-state index in [0.29, 0.717) is 5.56 Å². The van der Waals surface area contributed by atoms with Crippen molar-refractivity contribution in [2.24, 2.45) is 11.7 Å². The highest BCUT2D eigenvalue weighted by atomic mass is 16.1. The Hall–Kier alpha value is -1.84. The number of benzene rings is 1. The highest BCUT2D eigenvalue weighted by molar-refractivity contribution is 5.98. The van der Waals surface area contributed by atoms with Crippen molar-refractivity contribution in [2.75, 3.05) is 5.32 Å². The van der Waals surface area contributed by atoms with Gasteiger partial charge in [-0.25, -0.2) is 0 Å². The van der Waals surface area contributed by atoms with Crippen LogP contribution in [0.25, 0.3) is 0 Å². The third-order valence-corrected chi connectivity index (χ3v) is 8.62. The monoisotopic (exact) mass is 570 g/mol. The summed E-state index contributed by atoms with van der Waals surface area (Å²) in [5, 5.41) is 10.8. The fraction of sp³-hybridized carbons (Fsp3) is 0.784. The number of nitrogens with one attached hydrogen (secondary N) is 2. The summed E-state index contributed by atoms with van der Waals surface area (Å²) in [4.78, 5) is 13.3. The lowest BCUT2D eigenvalue weighted by molar-refractivity contribution is -0.120. The fourth-order valence-corrected chi connectivity index (χ4v) is 5.88. The summed E-state index contributed by atoms with van der Waals surface area (Å²) in [6.07, 6.45) is 34.2. The van der Waals surface area contributed by atoms with Crippen LogP contribution < -0.4 is 11.1 Å². The van der Waals surface area contributed by atoms with Crippen LogP contribution in [0.3, 0.4) is 0 Å². The van der Waals surface area contributed by atoms with E-state index in [-0.39, 0.29) is 17.7 Å². The number of carbonyl (C=O) groups excluding carboxylic acids is 1. The first-order valence-corrected chi connectivity index (χ1v) is 17.8. The molecule has 0 fully saturated rings. The van der Waals surface area contributed by atoms with E-state index in [9.17, 15) is 4.79 Å². The fourth-order valence-electron chi connectivity index (χ4n) is 5.88. The van der Waals surface area contributed by atoms with E-state index in [4.69, 9.17) is 11.1 Å². The van der Waals surface area contributed by atoms with Gasteiger partial charge in [-0.2, -0.15) is 0 Å². The summed E-state index contributed by atoms with van der Waals surface area (Å²) in [7, 11) is 0. The molecule has 0 aromatic heterocycles. The van der Waals surface area contributed by atoms with Crippen molar-refractivity contribution in [1.82, 2.24) is 0 Å². The van der Waals surface area contributed by atoms with Crippen LogP contribution in [0.1, 0.15) is 186 Å². The van der Waals surface area contributed by atoms with E-state index in [0.717, 1.165) is 31.4 Å². The highest BCUT2D eigenvalue weighted by Gasteiger charge is 2.18. The van der Waals surface area contributed by atoms with Gasteiger partial charge in [-0.15, -0.1) is 0 Å². The summed E-state index contributed by atoms with van der Waals surface area (Å²) in [5.41, 5.74) is 7.06. The van der Waals surface area contributed by atoms with Crippen LogP contribution >= 0.6 is 0 Å². The number of unbranched alkanes of at least 4 members (excludes halogenated alkanes) is 22. The van der Waals surface area contributed by atoms with Gasteiger partial charge in [0, 0.05) is 17.2 Å². The molecule has 1 aromatic carbocycles. The molecule has 0 saturated heterocycles. The smallest absolute Gasteiger partial charge is 0.227 e. The van der Waals surface area contributed by atoms with Gasteiger partial charge in [-0.05, 0) is 25.0 Å². The number of amidine groups is 1. The molecule has 0 spiro atoms. The van der Waals surface area contributed by atoms with Gasteiger partial charge in [0.25, 0.3) is 0 Å². The third kappa shape index (κ3) is 21.5. The molecule has 0 radical (unpaired) electrons. The maximum atomic E-state index is 13.3. The van der Waals surface area contributed by atoms with E-state index in [1.54, 1.807) is 0 Å². The Morgan fingerprint density at radius 2 is 1.00 bits per heavy atom. The van der Waals surface area contributed by atoms with Gasteiger partial charge in [0.15, 0.2) is 0 Å². The number of anilines is 1. The molecule has 0 bridgehead atoms. The average molecular weight is 570 g/mol. The first-order chi connectivity index (χ1) is 20.1. The van der Waals surface area contributed by atoms with Crippen LogP contribution in [0.2, 0.25) is 0 Å². The molecule has 0 unspecified atom stereocenters. The maximum absolute atomic E-state index is 13.3. The van der Waals surface area contributed by atoms with Crippen LogP contribution in [0.5, 0.6) is 0 Å². The van der Waals surface area contributed by atoms with Gasteiger partial charge < -0.3 is 11.1 Å². The van der Waals surface area contributed by atoms with Gasteiger partial charge in [0.1, 0.15) is 5.84 Å². The van der Waals surface area contributed by atoms with Crippen molar-refractivity contribution in [3.05, 3.63) is 29.8 Å². The van der Waals surface area contributed by atoms with Crippen molar-refractivity contribution in [1.29, 1.82) is 5.41 Å². The number of nitrogen functional groups attached to an aromatic ring is 1. The summed E-state index contributed by atoms with van der Waals surface area (Å²) in [6, 6.07) is 7.38. The Morgan fingerprint density at radius 1 is 0.634 bits per heavy atom. The first kappa shape index (κ1) is 37.2. The lowest BCUT2D eigenvalue weighted by atomic mass is 9.93. The quantitative estimate of drug-likeness (QED) is 0.0509. The molecular weight excluding hydrogens is 502 g/mol.